The van der Waals surface area contributed by atoms with Crippen molar-refractivity contribution in [3.8, 4) is 5.69 Å². The number of nitrogens with zero attached hydrogens (tertiary/aromatic N) is 2. The first-order chi connectivity index (χ1) is 11.8. The fraction of sp³-hybridized carbons (Fsp3) is 0.353. The molecule has 8 heteroatoms. The molecular formula is C17H18F2N4O2. The van der Waals surface area contributed by atoms with Crippen LogP contribution in [0.4, 0.5) is 8.78 Å². The molecule has 1 unspecified atom stereocenters. The fourth-order valence-corrected chi connectivity index (χ4v) is 2.87. The first-order valence-corrected chi connectivity index (χ1v) is 7.87. The Hall–Kier alpha value is -2.77. The van der Waals surface area contributed by atoms with E-state index in [1.54, 1.807) is 13.8 Å². The van der Waals surface area contributed by atoms with Gasteiger partial charge in [-0.05, 0) is 38.8 Å². The second-order valence-electron chi connectivity index (χ2n) is 6.33. The molecule has 2 amide bonds. The lowest BCUT2D eigenvalue weighted by Crippen LogP contribution is -2.41. The molecule has 3 N–H and O–H groups in total. The Morgan fingerprint density at radius 1 is 1.36 bits per heavy atom. The van der Waals surface area contributed by atoms with E-state index in [1.165, 1.54) is 16.9 Å². The number of benzene rings is 1. The van der Waals surface area contributed by atoms with Crippen LogP contribution in [0.15, 0.2) is 24.4 Å². The van der Waals surface area contributed by atoms with Crippen LogP contribution in [-0.2, 0) is 9.59 Å². The lowest BCUT2D eigenvalue weighted by atomic mass is 10.0. The topological polar surface area (TPSA) is 90.0 Å². The normalized spacial score (nSPS) is 16.3. The molecular weight excluding hydrogens is 330 g/mol. The molecule has 1 aromatic carbocycles. The van der Waals surface area contributed by atoms with E-state index in [9.17, 15) is 18.4 Å². The van der Waals surface area contributed by atoms with Gasteiger partial charge in [-0.25, -0.2) is 13.5 Å². The SMILES string of the molecule is Cc1c(C(C)NC(=O)C2(C(N)=O)CC2)cnn1-c1ccc(F)cc1F. The number of halogens is 2. The van der Waals surface area contributed by atoms with Crippen molar-refractivity contribution in [2.75, 3.05) is 0 Å². The number of carbonyl (C=O) groups is 2. The van der Waals surface area contributed by atoms with Crippen molar-refractivity contribution in [1.82, 2.24) is 15.1 Å². The van der Waals surface area contributed by atoms with Crippen LogP contribution in [-0.4, -0.2) is 21.6 Å². The molecule has 1 atom stereocenters. The minimum atomic E-state index is -1.11. The number of primary amides is 1. The van der Waals surface area contributed by atoms with Gasteiger partial charge < -0.3 is 11.1 Å². The van der Waals surface area contributed by atoms with Crippen LogP contribution in [0.2, 0.25) is 0 Å². The molecule has 132 valence electrons. The molecule has 1 saturated carbocycles. The molecule has 0 radical (unpaired) electrons. The summed E-state index contributed by atoms with van der Waals surface area (Å²) in [6.07, 6.45) is 2.40. The quantitative estimate of drug-likeness (QED) is 0.809. The molecule has 1 fully saturated rings. The zero-order chi connectivity index (χ0) is 18.4. The predicted octanol–water partition coefficient (Wildman–Crippen LogP) is 1.90. The maximum Gasteiger partial charge on any atom is 0.236 e. The number of carbonyl (C=O) groups excluding carboxylic acids is 2. The summed E-state index contributed by atoms with van der Waals surface area (Å²) in [4.78, 5) is 23.7. The van der Waals surface area contributed by atoms with Crippen LogP contribution in [0.5, 0.6) is 0 Å². The van der Waals surface area contributed by atoms with Gasteiger partial charge in [0.2, 0.25) is 11.8 Å². The van der Waals surface area contributed by atoms with Crippen LogP contribution < -0.4 is 11.1 Å². The average molecular weight is 348 g/mol. The van der Waals surface area contributed by atoms with Crippen molar-refractivity contribution >= 4 is 11.8 Å². The van der Waals surface area contributed by atoms with Crippen LogP contribution in [0, 0.1) is 24.0 Å². The van der Waals surface area contributed by atoms with Gasteiger partial charge in [-0.1, -0.05) is 0 Å². The van der Waals surface area contributed by atoms with Crippen LogP contribution in [0.1, 0.15) is 37.1 Å². The Bertz CT molecular complexity index is 858. The van der Waals surface area contributed by atoms with E-state index < -0.39 is 34.9 Å². The summed E-state index contributed by atoms with van der Waals surface area (Å²) in [5.41, 5.74) is 5.56. The maximum atomic E-state index is 14.0. The zero-order valence-corrected chi connectivity index (χ0v) is 13.8. The van der Waals surface area contributed by atoms with E-state index in [4.69, 9.17) is 5.73 Å². The monoisotopic (exact) mass is 348 g/mol. The van der Waals surface area contributed by atoms with E-state index in [-0.39, 0.29) is 5.69 Å². The van der Waals surface area contributed by atoms with E-state index in [1.807, 2.05) is 0 Å². The summed E-state index contributed by atoms with van der Waals surface area (Å²) in [6.45, 7) is 3.46. The summed E-state index contributed by atoms with van der Waals surface area (Å²) in [5.74, 6) is -2.45. The third-order valence-electron chi connectivity index (χ3n) is 4.66. The van der Waals surface area contributed by atoms with Gasteiger partial charge in [-0.15, -0.1) is 0 Å². The number of nitrogens with one attached hydrogen (secondary N) is 1. The van der Waals surface area contributed by atoms with Gasteiger partial charge in [-0.3, -0.25) is 9.59 Å². The highest BCUT2D eigenvalue weighted by molar-refractivity contribution is 6.07. The first-order valence-electron chi connectivity index (χ1n) is 7.87. The highest BCUT2D eigenvalue weighted by Crippen LogP contribution is 2.45. The summed E-state index contributed by atoms with van der Waals surface area (Å²) >= 11 is 0. The molecule has 6 nitrogen and oxygen atoms in total. The Balaban J connectivity index is 1.83. The zero-order valence-electron chi connectivity index (χ0n) is 13.8. The van der Waals surface area contributed by atoms with Crippen molar-refractivity contribution in [2.45, 2.75) is 32.7 Å². The van der Waals surface area contributed by atoms with E-state index in [2.05, 4.69) is 10.4 Å². The summed E-state index contributed by atoms with van der Waals surface area (Å²) in [5, 5.41) is 6.89. The van der Waals surface area contributed by atoms with Crippen molar-refractivity contribution < 1.29 is 18.4 Å². The molecule has 1 heterocycles. The Morgan fingerprint density at radius 3 is 2.60 bits per heavy atom. The van der Waals surface area contributed by atoms with Gasteiger partial charge in [0.1, 0.15) is 16.9 Å². The minimum absolute atomic E-state index is 0.111. The third-order valence-corrected chi connectivity index (χ3v) is 4.66. The lowest BCUT2D eigenvalue weighted by Gasteiger charge is -2.17. The molecule has 1 aromatic heterocycles. The largest absolute Gasteiger partial charge is 0.369 e. The van der Waals surface area contributed by atoms with E-state index in [0.29, 0.717) is 24.1 Å². The van der Waals surface area contributed by atoms with Gasteiger partial charge in [0, 0.05) is 17.3 Å². The Kier molecular flexibility index (Phi) is 4.06. The second-order valence-corrected chi connectivity index (χ2v) is 6.33. The molecule has 3 rings (SSSR count). The van der Waals surface area contributed by atoms with Crippen molar-refractivity contribution in [3.05, 3.63) is 47.3 Å². The maximum absolute atomic E-state index is 14.0. The third kappa shape index (κ3) is 2.88. The molecule has 0 saturated heterocycles. The van der Waals surface area contributed by atoms with Crippen LogP contribution in [0.25, 0.3) is 5.69 Å². The molecule has 25 heavy (non-hydrogen) atoms. The summed E-state index contributed by atoms with van der Waals surface area (Å²) < 4.78 is 28.4. The van der Waals surface area contributed by atoms with Crippen LogP contribution in [0.3, 0.4) is 0 Å². The number of hydrogen-bond acceptors (Lipinski definition) is 3. The highest BCUT2D eigenvalue weighted by Gasteiger charge is 2.55. The molecule has 0 aliphatic heterocycles. The fourth-order valence-electron chi connectivity index (χ4n) is 2.87. The lowest BCUT2D eigenvalue weighted by molar-refractivity contribution is -0.135. The van der Waals surface area contributed by atoms with Gasteiger partial charge in [-0.2, -0.15) is 5.10 Å². The summed E-state index contributed by atoms with van der Waals surface area (Å²) in [6, 6.07) is 2.78. The van der Waals surface area contributed by atoms with Crippen molar-refractivity contribution in [3.63, 3.8) is 0 Å². The Morgan fingerprint density at radius 2 is 2.04 bits per heavy atom. The Labute approximate surface area is 143 Å². The van der Waals surface area contributed by atoms with Crippen molar-refractivity contribution in [2.24, 2.45) is 11.1 Å². The predicted molar refractivity (Wildman–Crippen MR) is 85.6 cm³/mol. The molecule has 0 spiro atoms. The van der Waals surface area contributed by atoms with E-state index in [0.717, 1.165) is 12.1 Å². The minimum Gasteiger partial charge on any atom is -0.369 e. The smallest absolute Gasteiger partial charge is 0.236 e. The molecule has 2 aromatic rings. The van der Waals surface area contributed by atoms with Gasteiger partial charge in [0.25, 0.3) is 0 Å². The van der Waals surface area contributed by atoms with Gasteiger partial charge >= 0.3 is 0 Å². The second kappa shape index (κ2) is 5.94. The number of hydrogen-bond donors (Lipinski definition) is 2. The number of nitrogens with two attached hydrogens (primary N) is 1. The number of amides is 2. The average Bonchev–Trinajstić information content (AvgIpc) is 3.27. The molecule has 1 aliphatic carbocycles. The number of aromatic nitrogens is 2. The van der Waals surface area contributed by atoms with Crippen molar-refractivity contribution in [1.29, 1.82) is 0 Å². The summed E-state index contributed by atoms with van der Waals surface area (Å²) in [7, 11) is 0. The highest BCUT2D eigenvalue weighted by atomic mass is 19.1. The van der Waals surface area contributed by atoms with Gasteiger partial charge in [0.15, 0.2) is 5.82 Å². The first kappa shape index (κ1) is 17.1. The standard InChI is InChI=1S/C17H18F2N4O2/c1-9(22-16(25)17(5-6-17)15(20)24)12-8-21-23(10(12)2)14-4-3-11(18)7-13(14)19/h3-4,7-9H,5-6H2,1-2H3,(H2,20,24)(H,22,25). The van der Waals surface area contributed by atoms with E-state index >= 15 is 0 Å². The van der Waals surface area contributed by atoms with Crippen LogP contribution >= 0.6 is 0 Å². The number of rotatable bonds is 5. The van der Waals surface area contributed by atoms with Gasteiger partial charge in [0.05, 0.1) is 12.2 Å². The molecule has 1 aliphatic rings. The molecule has 0 bridgehead atoms.